The van der Waals surface area contributed by atoms with Gasteiger partial charge in [-0.25, -0.2) is 0 Å². The molecule has 1 aromatic rings. The predicted octanol–water partition coefficient (Wildman–Crippen LogP) is 1.60. The van der Waals surface area contributed by atoms with Gasteiger partial charge in [-0.2, -0.15) is 24.6 Å². The molecule has 2 heteroatoms. The van der Waals surface area contributed by atoms with Crippen LogP contribution in [0.15, 0.2) is 30.3 Å². The minimum atomic E-state index is 0. The number of rotatable bonds is 0. The molecule has 1 aromatic carbocycles. The number of benzene rings is 1. The molecule has 0 saturated carbocycles. The summed E-state index contributed by atoms with van der Waals surface area (Å²) < 4.78 is 0. The van der Waals surface area contributed by atoms with Crippen molar-refractivity contribution in [2.45, 2.75) is 0 Å². The third-order valence-corrected chi connectivity index (χ3v) is 0.843. The first-order valence-corrected chi connectivity index (χ1v) is 2.26. The number of hydrogen-bond donors (Lipinski definition) is 0. The number of thiol groups is 1. The molecule has 0 aliphatic rings. The summed E-state index contributed by atoms with van der Waals surface area (Å²) in [5.41, 5.74) is 1.07. The molecular weight excluding hydrogens is 223 g/mol. The van der Waals surface area contributed by atoms with Crippen LogP contribution in [0, 0.1) is 6.92 Å². The molecular formula is C7H8PdS. The predicted molar refractivity (Wildman–Crippen MR) is 39.7 cm³/mol. The quantitative estimate of drug-likeness (QED) is 0.282. The molecule has 0 heterocycles. The zero-order valence-electron chi connectivity index (χ0n) is 4.86. The van der Waals surface area contributed by atoms with Crippen molar-refractivity contribution in [1.82, 2.24) is 0 Å². The fourth-order valence-electron chi connectivity index (χ4n) is 0.478. The van der Waals surface area contributed by atoms with Crippen LogP contribution in [0.4, 0.5) is 0 Å². The van der Waals surface area contributed by atoms with Crippen molar-refractivity contribution in [2.24, 2.45) is 0 Å². The maximum absolute atomic E-state index is 3.72. The van der Waals surface area contributed by atoms with Gasteiger partial charge < -0.3 is 13.5 Å². The van der Waals surface area contributed by atoms with E-state index in [1.165, 1.54) is 0 Å². The fourth-order valence-corrected chi connectivity index (χ4v) is 0.478. The SMILES string of the molecule is [CH2-]c1ccccc1.[Pd+2].[SH-]. The van der Waals surface area contributed by atoms with E-state index >= 15 is 0 Å². The van der Waals surface area contributed by atoms with Gasteiger partial charge >= 0.3 is 20.4 Å². The summed E-state index contributed by atoms with van der Waals surface area (Å²) in [6.07, 6.45) is 0. The van der Waals surface area contributed by atoms with Gasteiger partial charge in [0.25, 0.3) is 0 Å². The van der Waals surface area contributed by atoms with E-state index in [0.717, 1.165) is 5.56 Å². The van der Waals surface area contributed by atoms with E-state index in [9.17, 15) is 0 Å². The molecule has 0 aliphatic heterocycles. The largest absolute Gasteiger partial charge is 2.00 e. The van der Waals surface area contributed by atoms with Gasteiger partial charge in [0, 0.05) is 0 Å². The summed E-state index contributed by atoms with van der Waals surface area (Å²) >= 11 is 0. The van der Waals surface area contributed by atoms with Crippen molar-refractivity contribution in [3.63, 3.8) is 0 Å². The van der Waals surface area contributed by atoms with Crippen molar-refractivity contribution >= 4 is 13.5 Å². The first-order chi connectivity index (χ1) is 3.39. The summed E-state index contributed by atoms with van der Waals surface area (Å²) in [6.45, 7) is 3.72. The van der Waals surface area contributed by atoms with E-state index in [1.54, 1.807) is 0 Å². The van der Waals surface area contributed by atoms with Gasteiger partial charge in [-0.1, -0.05) is 6.07 Å². The zero-order valence-corrected chi connectivity index (χ0v) is 7.31. The van der Waals surface area contributed by atoms with Crippen molar-refractivity contribution in [3.8, 4) is 0 Å². The van der Waals surface area contributed by atoms with E-state index in [1.807, 2.05) is 30.3 Å². The molecule has 0 bridgehead atoms. The minimum absolute atomic E-state index is 0. The van der Waals surface area contributed by atoms with Gasteiger partial charge in [-0.3, -0.25) is 0 Å². The summed E-state index contributed by atoms with van der Waals surface area (Å²) in [6, 6.07) is 9.87. The molecule has 1 rings (SSSR count). The van der Waals surface area contributed by atoms with E-state index in [0.29, 0.717) is 0 Å². The van der Waals surface area contributed by atoms with E-state index in [2.05, 4.69) is 6.92 Å². The maximum Gasteiger partial charge on any atom is 2.00 e. The normalized spacial score (nSPS) is 6.67. The van der Waals surface area contributed by atoms with Gasteiger partial charge in [-0.15, -0.1) is 12.1 Å². The molecule has 0 spiro atoms. The van der Waals surface area contributed by atoms with Crippen LogP contribution in [-0.2, 0) is 33.9 Å². The van der Waals surface area contributed by atoms with Crippen LogP contribution in [0.1, 0.15) is 5.56 Å². The van der Waals surface area contributed by atoms with E-state index in [-0.39, 0.29) is 33.9 Å². The maximum atomic E-state index is 3.72. The minimum Gasteiger partial charge on any atom is -0.813 e. The Kier molecular flexibility index (Phi) is 8.19. The van der Waals surface area contributed by atoms with Gasteiger partial charge in [-0.05, 0) is 0 Å². The van der Waals surface area contributed by atoms with Crippen LogP contribution < -0.4 is 0 Å². The molecule has 0 aliphatic carbocycles. The van der Waals surface area contributed by atoms with Crippen LogP contribution in [0.5, 0.6) is 0 Å². The third kappa shape index (κ3) is 4.60. The Morgan fingerprint density at radius 2 is 1.44 bits per heavy atom. The smallest absolute Gasteiger partial charge is 0.813 e. The Labute approximate surface area is 76.8 Å². The second-order valence-electron chi connectivity index (χ2n) is 1.49. The van der Waals surface area contributed by atoms with Crippen LogP contribution in [0.2, 0.25) is 0 Å². The summed E-state index contributed by atoms with van der Waals surface area (Å²) in [4.78, 5) is 0. The molecule has 52 valence electrons. The van der Waals surface area contributed by atoms with Gasteiger partial charge in [0.1, 0.15) is 0 Å². The second-order valence-corrected chi connectivity index (χ2v) is 1.49. The Hall–Kier alpha value is 0.102. The molecule has 0 saturated heterocycles. The van der Waals surface area contributed by atoms with Crippen LogP contribution >= 0.6 is 0 Å². The Morgan fingerprint density at radius 3 is 1.67 bits per heavy atom. The molecule has 9 heavy (non-hydrogen) atoms. The van der Waals surface area contributed by atoms with E-state index in [4.69, 9.17) is 0 Å². The monoisotopic (exact) mass is 230 g/mol. The molecule has 0 nitrogen and oxygen atoms in total. The van der Waals surface area contributed by atoms with Gasteiger partial charge in [0.05, 0.1) is 0 Å². The van der Waals surface area contributed by atoms with Gasteiger partial charge in [0.2, 0.25) is 0 Å². The topological polar surface area (TPSA) is 0 Å². The first-order valence-electron chi connectivity index (χ1n) is 2.26. The molecule has 0 aromatic heterocycles. The molecule has 0 fully saturated rings. The molecule has 0 unspecified atom stereocenters. The van der Waals surface area contributed by atoms with Crippen molar-refractivity contribution in [2.75, 3.05) is 0 Å². The average Bonchev–Trinajstić information content (AvgIpc) is 1.69. The van der Waals surface area contributed by atoms with Gasteiger partial charge in [0.15, 0.2) is 0 Å². The number of hydrogen-bond acceptors (Lipinski definition) is 1. The summed E-state index contributed by atoms with van der Waals surface area (Å²) in [5.74, 6) is 0. The average molecular weight is 231 g/mol. The van der Waals surface area contributed by atoms with Crippen molar-refractivity contribution < 1.29 is 20.4 Å². The first kappa shape index (κ1) is 11.8. The summed E-state index contributed by atoms with van der Waals surface area (Å²) in [7, 11) is 0. The molecule has 0 atom stereocenters. The Morgan fingerprint density at radius 1 is 1.00 bits per heavy atom. The second kappa shape index (κ2) is 6.23. The Balaban J connectivity index is 0. The standard InChI is InChI=1S/C7H7.Pd.H2S/c1-7-5-3-2-4-6-7;;/h2-6H,1H2;;1H2/q-1;+2;/p-1. The fraction of sp³-hybridized carbons (Fsp3) is 0. The van der Waals surface area contributed by atoms with E-state index < -0.39 is 0 Å². The molecule has 0 N–H and O–H groups in total. The van der Waals surface area contributed by atoms with Crippen LogP contribution in [-0.4, -0.2) is 0 Å². The van der Waals surface area contributed by atoms with Crippen molar-refractivity contribution in [1.29, 1.82) is 0 Å². The molecule has 0 amide bonds. The Bertz CT molecular complexity index is 139. The third-order valence-electron chi connectivity index (χ3n) is 0.843. The van der Waals surface area contributed by atoms with Crippen molar-refractivity contribution in [3.05, 3.63) is 42.8 Å². The molecule has 0 radical (unpaired) electrons. The zero-order chi connectivity index (χ0) is 5.11. The van der Waals surface area contributed by atoms with Crippen LogP contribution in [0.25, 0.3) is 0 Å². The summed E-state index contributed by atoms with van der Waals surface area (Å²) in [5, 5.41) is 0. The van der Waals surface area contributed by atoms with Crippen LogP contribution in [0.3, 0.4) is 0 Å².